The number of pyridine rings is 1. The van der Waals surface area contributed by atoms with Crippen molar-refractivity contribution in [1.82, 2.24) is 9.55 Å². The van der Waals surface area contributed by atoms with E-state index in [9.17, 15) is 9.59 Å². The number of benzene rings is 1. The Morgan fingerprint density at radius 1 is 1.26 bits per heavy atom. The van der Waals surface area contributed by atoms with Crippen molar-refractivity contribution < 1.29 is 9.53 Å². The first kappa shape index (κ1) is 17.6. The van der Waals surface area contributed by atoms with Gasteiger partial charge in [-0.1, -0.05) is 37.3 Å². The van der Waals surface area contributed by atoms with Crippen molar-refractivity contribution >= 4 is 16.7 Å². The topological polar surface area (TPSA) is 64.1 Å². The van der Waals surface area contributed by atoms with E-state index < -0.39 is 0 Å². The van der Waals surface area contributed by atoms with Crippen molar-refractivity contribution in [3.63, 3.8) is 0 Å². The number of aromatic nitrogens is 2. The summed E-state index contributed by atoms with van der Waals surface area (Å²) in [5.41, 5.74) is 2.93. The van der Waals surface area contributed by atoms with Crippen LogP contribution in [-0.2, 0) is 13.0 Å². The Kier molecular flexibility index (Phi) is 4.60. The van der Waals surface area contributed by atoms with E-state index in [-0.39, 0.29) is 17.9 Å². The second-order valence-electron chi connectivity index (χ2n) is 7.29. The maximum atomic E-state index is 13.3. The summed E-state index contributed by atoms with van der Waals surface area (Å²) in [6.07, 6.45) is 3.05. The first-order valence-electron chi connectivity index (χ1n) is 9.54. The number of H-pyrrole nitrogens is 1. The van der Waals surface area contributed by atoms with E-state index in [0.717, 1.165) is 16.9 Å². The van der Waals surface area contributed by atoms with Crippen LogP contribution in [0.1, 0.15) is 41.5 Å². The summed E-state index contributed by atoms with van der Waals surface area (Å²) in [5.74, 6) is 1.16. The van der Waals surface area contributed by atoms with Crippen LogP contribution in [0.3, 0.4) is 0 Å². The lowest BCUT2D eigenvalue weighted by molar-refractivity contribution is 0.0970. The summed E-state index contributed by atoms with van der Waals surface area (Å²) in [5, 5.41) is 0.547. The Morgan fingerprint density at radius 3 is 2.67 bits per heavy atom. The van der Waals surface area contributed by atoms with Crippen molar-refractivity contribution in [2.24, 2.45) is 5.92 Å². The molecule has 5 nitrogen and oxygen atoms in total. The lowest BCUT2D eigenvalue weighted by atomic mass is 10.1. The van der Waals surface area contributed by atoms with Crippen molar-refractivity contribution in [2.75, 3.05) is 6.61 Å². The molecule has 2 aromatic heterocycles. The predicted molar refractivity (Wildman–Crippen MR) is 106 cm³/mol. The molecule has 0 unspecified atom stereocenters. The summed E-state index contributed by atoms with van der Waals surface area (Å²) in [7, 11) is 0. The third-order valence-corrected chi connectivity index (χ3v) is 5.20. The normalized spacial score (nSPS) is 13.9. The van der Waals surface area contributed by atoms with E-state index in [1.54, 1.807) is 16.7 Å². The maximum absolute atomic E-state index is 13.3. The number of ketones is 1. The number of aryl methyl sites for hydroxylation is 2. The Balaban J connectivity index is 1.76. The minimum atomic E-state index is -0.163. The molecule has 0 aliphatic heterocycles. The average Bonchev–Trinajstić information content (AvgIpc) is 3.45. The van der Waals surface area contributed by atoms with Gasteiger partial charge in [-0.15, -0.1) is 0 Å². The molecule has 0 bridgehead atoms. The highest BCUT2D eigenvalue weighted by Crippen LogP contribution is 2.33. The molecule has 0 spiro atoms. The Hall–Kier alpha value is -2.82. The maximum Gasteiger partial charge on any atom is 0.264 e. The molecule has 1 N–H and O–H groups in total. The summed E-state index contributed by atoms with van der Waals surface area (Å²) in [6, 6.07) is 11.1. The highest BCUT2D eigenvalue weighted by Gasteiger charge is 2.24. The lowest BCUT2D eigenvalue weighted by Gasteiger charge is -2.12. The van der Waals surface area contributed by atoms with Crippen LogP contribution in [0.5, 0.6) is 5.75 Å². The molecule has 140 valence electrons. The number of hydrogen-bond donors (Lipinski definition) is 1. The average molecular weight is 364 g/mol. The molecule has 0 saturated heterocycles. The number of nitrogens with zero attached hydrogens (tertiary/aromatic N) is 1. The smallest absolute Gasteiger partial charge is 0.264 e. The molecule has 0 atom stereocenters. The Labute approximate surface area is 158 Å². The summed E-state index contributed by atoms with van der Waals surface area (Å²) in [4.78, 5) is 29.2. The van der Waals surface area contributed by atoms with Gasteiger partial charge in [0.2, 0.25) is 0 Å². The van der Waals surface area contributed by atoms with Crippen LogP contribution in [0.25, 0.3) is 10.9 Å². The fourth-order valence-corrected chi connectivity index (χ4v) is 3.45. The highest BCUT2D eigenvalue weighted by molar-refractivity contribution is 5.96. The summed E-state index contributed by atoms with van der Waals surface area (Å²) < 4.78 is 7.58. The molecular formula is C22H24N2O3. The predicted octanol–water partition coefficient (Wildman–Crippen LogP) is 3.87. The van der Waals surface area contributed by atoms with Gasteiger partial charge in [-0.3, -0.25) is 9.59 Å². The Morgan fingerprint density at radius 2 is 2.00 bits per heavy atom. The van der Waals surface area contributed by atoms with E-state index in [0.29, 0.717) is 35.6 Å². The zero-order valence-corrected chi connectivity index (χ0v) is 15.7. The number of fused-ring (bicyclic) bond motifs is 1. The van der Waals surface area contributed by atoms with Crippen LogP contribution in [0.4, 0.5) is 0 Å². The third kappa shape index (κ3) is 3.42. The van der Waals surface area contributed by atoms with Crippen molar-refractivity contribution in [1.29, 1.82) is 0 Å². The molecule has 2 heterocycles. The molecule has 1 aliphatic rings. The van der Waals surface area contributed by atoms with Gasteiger partial charge < -0.3 is 14.3 Å². The van der Waals surface area contributed by atoms with E-state index in [2.05, 4.69) is 4.98 Å². The van der Waals surface area contributed by atoms with Gasteiger partial charge in [-0.25, -0.2) is 0 Å². The number of ether oxygens (including phenoxy) is 1. The zero-order valence-electron chi connectivity index (χ0n) is 15.7. The molecule has 3 aromatic rings. The molecule has 1 fully saturated rings. The number of carbonyl (C=O) groups excluding carboxylic acids is 1. The lowest BCUT2D eigenvalue weighted by Crippen LogP contribution is -2.27. The minimum absolute atomic E-state index is 0.0360. The monoisotopic (exact) mass is 364 g/mol. The van der Waals surface area contributed by atoms with E-state index in [1.807, 2.05) is 38.1 Å². The van der Waals surface area contributed by atoms with Gasteiger partial charge >= 0.3 is 0 Å². The van der Waals surface area contributed by atoms with Crippen molar-refractivity contribution in [3.05, 3.63) is 63.7 Å². The fourth-order valence-electron chi connectivity index (χ4n) is 3.45. The highest BCUT2D eigenvalue weighted by atomic mass is 16.5. The molecule has 0 radical (unpaired) electrons. The summed E-state index contributed by atoms with van der Waals surface area (Å²) in [6.45, 7) is 4.59. The second kappa shape index (κ2) is 7.06. The van der Waals surface area contributed by atoms with Gasteiger partial charge in [0.05, 0.1) is 24.4 Å². The van der Waals surface area contributed by atoms with E-state index in [4.69, 9.17) is 4.74 Å². The first-order chi connectivity index (χ1) is 13.1. The standard InChI is InChI=1S/C22H24N2O3/c1-3-17-11-18-20(21(14(2)23-18)27-13-15-9-10-15)22(26)24(17)12-19(25)16-7-5-4-6-8-16/h4-8,11,15,23H,3,9-10,12-13H2,1-2H3. The van der Waals surface area contributed by atoms with Gasteiger partial charge in [0.15, 0.2) is 11.5 Å². The van der Waals surface area contributed by atoms with E-state index >= 15 is 0 Å². The number of rotatable bonds is 7. The molecule has 0 amide bonds. The fraction of sp³-hybridized carbons (Fsp3) is 0.364. The van der Waals surface area contributed by atoms with Crippen LogP contribution in [0.2, 0.25) is 0 Å². The van der Waals surface area contributed by atoms with Crippen LogP contribution in [0.15, 0.2) is 41.2 Å². The van der Waals surface area contributed by atoms with Crippen LogP contribution < -0.4 is 10.3 Å². The Bertz CT molecular complexity index is 1040. The van der Waals surface area contributed by atoms with Crippen molar-refractivity contribution in [2.45, 2.75) is 39.7 Å². The third-order valence-electron chi connectivity index (χ3n) is 5.20. The second-order valence-corrected chi connectivity index (χ2v) is 7.29. The number of aromatic amines is 1. The van der Waals surface area contributed by atoms with Gasteiger partial charge in [-0.2, -0.15) is 0 Å². The number of carbonyl (C=O) groups is 1. The molecule has 27 heavy (non-hydrogen) atoms. The zero-order chi connectivity index (χ0) is 19.0. The van der Waals surface area contributed by atoms with Crippen LogP contribution in [-0.4, -0.2) is 21.9 Å². The molecule has 1 aromatic carbocycles. The molecule has 1 aliphatic carbocycles. The van der Waals surface area contributed by atoms with Crippen molar-refractivity contribution in [3.8, 4) is 5.75 Å². The number of hydrogen-bond acceptors (Lipinski definition) is 3. The van der Waals surface area contributed by atoms with Crippen LogP contribution >= 0.6 is 0 Å². The minimum Gasteiger partial charge on any atom is -0.491 e. The largest absolute Gasteiger partial charge is 0.491 e. The van der Waals surface area contributed by atoms with E-state index in [1.165, 1.54) is 12.8 Å². The van der Waals surface area contributed by atoms with Gasteiger partial charge in [0.1, 0.15) is 5.39 Å². The van der Waals surface area contributed by atoms with Crippen LogP contribution in [0, 0.1) is 12.8 Å². The molecule has 4 rings (SSSR count). The molecular weight excluding hydrogens is 340 g/mol. The first-order valence-corrected chi connectivity index (χ1v) is 9.54. The van der Waals surface area contributed by atoms with Gasteiger partial charge in [0, 0.05) is 11.3 Å². The molecule has 1 saturated carbocycles. The number of nitrogens with one attached hydrogen (secondary N) is 1. The quantitative estimate of drug-likeness (QED) is 0.647. The number of Topliss-reactive ketones (excluding diaryl/α,β-unsaturated/α-hetero) is 1. The SMILES string of the molecule is CCc1cc2[nH]c(C)c(OCC3CC3)c2c(=O)n1CC(=O)c1ccccc1. The summed E-state index contributed by atoms with van der Waals surface area (Å²) >= 11 is 0. The van der Waals surface area contributed by atoms with Gasteiger partial charge in [0.25, 0.3) is 5.56 Å². The molecule has 5 heteroatoms. The van der Waals surface area contributed by atoms with Gasteiger partial charge in [-0.05, 0) is 38.2 Å².